The number of hydrogen-bond donors (Lipinski definition) is 2. The highest BCUT2D eigenvalue weighted by Crippen LogP contribution is 2.68. The van der Waals surface area contributed by atoms with Crippen molar-refractivity contribution in [3.8, 4) is 0 Å². The SMILES string of the molecule is C=C[C@@H]1CC2=CC(=O)/C(=C\O)C[C@]2(C)[C@H]2CC[C@@]3(C)[C@@H](CC[C@@]3(C)O)[C@H]12. The van der Waals surface area contributed by atoms with Crippen molar-refractivity contribution in [2.45, 2.75) is 64.9 Å². The van der Waals surface area contributed by atoms with Crippen molar-refractivity contribution in [3.63, 3.8) is 0 Å². The number of allylic oxidation sites excluding steroid dienone is 3. The van der Waals surface area contributed by atoms with Crippen LogP contribution in [0.2, 0.25) is 0 Å². The van der Waals surface area contributed by atoms with Crippen LogP contribution in [0.3, 0.4) is 0 Å². The van der Waals surface area contributed by atoms with Gasteiger partial charge in [-0.3, -0.25) is 4.79 Å². The highest BCUT2D eigenvalue weighted by atomic mass is 16.3. The number of rotatable bonds is 1. The molecule has 0 bridgehead atoms. The highest BCUT2D eigenvalue weighted by molar-refractivity contribution is 6.05. The lowest BCUT2D eigenvalue weighted by Gasteiger charge is -2.60. The van der Waals surface area contributed by atoms with Gasteiger partial charge in [0.25, 0.3) is 0 Å². The predicted molar refractivity (Wildman–Crippen MR) is 102 cm³/mol. The highest BCUT2D eigenvalue weighted by Gasteiger charge is 2.64. The summed E-state index contributed by atoms with van der Waals surface area (Å²) < 4.78 is 0. The molecule has 3 heteroatoms. The average Bonchev–Trinajstić information content (AvgIpc) is 2.84. The van der Waals surface area contributed by atoms with Crippen molar-refractivity contribution in [2.24, 2.45) is 34.5 Å². The molecular weight excluding hydrogens is 324 g/mol. The fraction of sp³-hybridized carbons (Fsp3) is 0.696. The zero-order valence-electron chi connectivity index (χ0n) is 16.3. The van der Waals surface area contributed by atoms with E-state index in [0.717, 1.165) is 38.4 Å². The smallest absolute Gasteiger partial charge is 0.184 e. The molecule has 0 heterocycles. The molecule has 0 radical (unpaired) electrons. The van der Waals surface area contributed by atoms with Gasteiger partial charge in [-0.2, -0.15) is 0 Å². The number of hydrogen-bond acceptors (Lipinski definition) is 3. The topological polar surface area (TPSA) is 57.5 Å². The molecule has 4 aliphatic carbocycles. The second-order valence-corrected chi connectivity index (χ2v) is 9.95. The summed E-state index contributed by atoms with van der Waals surface area (Å²) in [5.74, 6) is 1.80. The molecule has 0 spiro atoms. The summed E-state index contributed by atoms with van der Waals surface area (Å²) in [7, 11) is 0. The maximum absolute atomic E-state index is 12.3. The zero-order valence-corrected chi connectivity index (χ0v) is 16.3. The van der Waals surface area contributed by atoms with Crippen molar-refractivity contribution in [3.05, 3.63) is 36.1 Å². The molecule has 0 aromatic rings. The van der Waals surface area contributed by atoms with Crippen LogP contribution in [0.1, 0.15) is 59.3 Å². The summed E-state index contributed by atoms with van der Waals surface area (Å²) in [5.41, 5.74) is 1.09. The molecule has 26 heavy (non-hydrogen) atoms. The Morgan fingerprint density at radius 2 is 1.88 bits per heavy atom. The van der Waals surface area contributed by atoms with Crippen LogP contribution in [0.15, 0.2) is 36.1 Å². The van der Waals surface area contributed by atoms with Crippen LogP contribution in [-0.2, 0) is 4.79 Å². The maximum Gasteiger partial charge on any atom is 0.184 e. The second-order valence-electron chi connectivity index (χ2n) is 9.95. The van der Waals surface area contributed by atoms with Gasteiger partial charge in [-0.1, -0.05) is 25.5 Å². The molecule has 2 N–H and O–H groups in total. The van der Waals surface area contributed by atoms with Crippen molar-refractivity contribution >= 4 is 5.78 Å². The lowest BCUT2D eigenvalue weighted by Crippen LogP contribution is -2.56. The van der Waals surface area contributed by atoms with Gasteiger partial charge in [0.15, 0.2) is 5.78 Å². The van der Waals surface area contributed by atoms with Gasteiger partial charge in [0.2, 0.25) is 0 Å². The van der Waals surface area contributed by atoms with E-state index in [9.17, 15) is 15.0 Å². The lowest BCUT2D eigenvalue weighted by atomic mass is 9.44. The van der Waals surface area contributed by atoms with Crippen LogP contribution >= 0.6 is 0 Å². The molecule has 7 atom stereocenters. The summed E-state index contributed by atoms with van der Waals surface area (Å²) >= 11 is 0. The van der Waals surface area contributed by atoms with Gasteiger partial charge in [0.1, 0.15) is 0 Å². The number of ketones is 1. The Morgan fingerprint density at radius 3 is 2.54 bits per heavy atom. The first-order valence-electron chi connectivity index (χ1n) is 10.1. The number of carbonyl (C=O) groups excluding carboxylic acids is 1. The molecule has 0 unspecified atom stereocenters. The standard InChI is InChI=1S/C23H32O3/c1-5-14-10-16-11-19(25)15(13-24)12-21(16,2)17-6-8-22(3)18(20(14)17)7-9-23(22,4)26/h5,11,13-14,17-18,20,24,26H,1,6-10,12H2,2-4H3/b15-13-/t14-,17+,18+,20-,21+,22+,23-/m1/s1. The van der Waals surface area contributed by atoms with Gasteiger partial charge in [0.05, 0.1) is 11.9 Å². The molecule has 0 saturated heterocycles. The van der Waals surface area contributed by atoms with Crippen molar-refractivity contribution in [2.75, 3.05) is 0 Å². The van der Waals surface area contributed by atoms with E-state index in [1.165, 1.54) is 5.57 Å². The number of fused-ring (bicyclic) bond motifs is 5. The number of carbonyl (C=O) groups is 1. The normalized spacial score (nSPS) is 52.1. The quantitative estimate of drug-likeness (QED) is 0.405. The molecule has 3 saturated carbocycles. The number of aliphatic hydroxyl groups excluding tert-OH is 1. The van der Waals surface area contributed by atoms with Gasteiger partial charge in [-0.15, -0.1) is 6.58 Å². The van der Waals surface area contributed by atoms with Crippen LogP contribution in [0, 0.1) is 34.5 Å². The van der Waals surface area contributed by atoms with Crippen molar-refractivity contribution < 1.29 is 15.0 Å². The molecule has 0 aliphatic heterocycles. The molecular formula is C23H32O3. The molecule has 3 nitrogen and oxygen atoms in total. The van der Waals surface area contributed by atoms with Crippen molar-refractivity contribution in [1.29, 1.82) is 0 Å². The minimum atomic E-state index is -0.593. The summed E-state index contributed by atoms with van der Waals surface area (Å²) in [6.45, 7) is 10.7. The van der Waals surface area contributed by atoms with Crippen LogP contribution in [0.4, 0.5) is 0 Å². The monoisotopic (exact) mass is 356 g/mol. The summed E-state index contributed by atoms with van der Waals surface area (Å²) in [6.07, 6.45) is 10.5. The second kappa shape index (κ2) is 5.58. The Labute approximate surface area is 156 Å². The molecule has 0 amide bonds. The first kappa shape index (κ1) is 18.0. The average molecular weight is 357 g/mol. The fourth-order valence-electron chi connectivity index (χ4n) is 7.19. The number of aliphatic hydroxyl groups is 2. The van der Waals surface area contributed by atoms with Gasteiger partial charge < -0.3 is 10.2 Å². The molecule has 0 aromatic carbocycles. The Balaban J connectivity index is 1.80. The molecule has 4 rings (SSSR count). The Hall–Kier alpha value is -1.35. The third-order valence-corrected chi connectivity index (χ3v) is 9.03. The third kappa shape index (κ3) is 2.13. The van der Waals surface area contributed by atoms with E-state index in [1.54, 1.807) is 6.08 Å². The Bertz CT molecular complexity index is 715. The Morgan fingerprint density at radius 1 is 1.19 bits per heavy atom. The van der Waals surface area contributed by atoms with Gasteiger partial charge in [-0.25, -0.2) is 0 Å². The summed E-state index contributed by atoms with van der Waals surface area (Å²) in [4.78, 5) is 12.3. The molecule has 4 aliphatic rings. The van der Waals surface area contributed by atoms with Gasteiger partial charge in [0, 0.05) is 5.57 Å². The molecule has 0 aromatic heterocycles. The van der Waals surface area contributed by atoms with Crippen LogP contribution in [0.5, 0.6) is 0 Å². The first-order valence-corrected chi connectivity index (χ1v) is 10.1. The van der Waals surface area contributed by atoms with E-state index >= 15 is 0 Å². The summed E-state index contributed by atoms with van der Waals surface area (Å²) in [6, 6.07) is 0. The van der Waals surface area contributed by atoms with Crippen molar-refractivity contribution in [1.82, 2.24) is 0 Å². The van der Waals surface area contributed by atoms with Gasteiger partial charge in [-0.05, 0) is 86.0 Å². The fourth-order valence-corrected chi connectivity index (χ4v) is 7.19. The van der Waals surface area contributed by atoms with Crippen LogP contribution in [-0.4, -0.2) is 21.6 Å². The minimum absolute atomic E-state index is 0.0346. The Kier molecular flexibility index (Phi) is 3.87. The van der Waals surface area contributed by atoms with E-state index < -0.39 is 5.60 Å². The van der Waals surface area contributed by atoms with E-state index in [-0.39, 0.29) is 16.6 Å². The van der Waals surface area contributed by atoms with Crippen LogP contribution < -0.4 is 0 Å². The van der Waals surface area contributed by atoms with E-state index in [2.05, 4.69) is 26.5 Å². The lowest BCUT2D eigenvalue weighted by molar-refractivity contribution is -0.127. The minimum Gasteiger partial charge on any atom is -0.515 e. The van der Waals surface area contributed by atoms with Gasteiger partial charge >= 0.3 is 0 Å². The summed E-state index contributed by atoms with van der Waals surface area (Å²) in [5, 5.41) is 20.6. The third-order valence-electron chi connectivity index (χ3n) is 9.03. The van der Waals surface area contributed by atoms with Crippen LogP contribution in [0.25, 0.3) is 0 Å². The molecule has 3 fully saturated rings. The molecule has 142 valence electrons. The van der Waals surface area contributed by atoms with E-state index in [1.807, 2.05) is 6.92 Å². The maximum atomic E-state index is 12.3. The zero-order chi connectivity index (χ0) is 18.9. The first-order chi connectivity index (χ1) is 12.2. The predicted octanol–water partition coefficient (Wildman–Crippen LogP) is 4.73. The van der Waals surface area contributed by atoms with E-state index in [4.69, 9.17) is 0 Å². The van der Waals surface area contributed by atoms with E-state index in [0.29, 0.717) is 35.7 Å². The largest absolute Gasteiger partial charge is 0.515 e.